The van der Waals surface area contributed by atoms with Crippen molar-refractivity contribution < 1.29 is 4.79 Å². The lowest BCUT2D eigenvalue weighted by Gasteiger charge is -2.37. The summed E-state index contributed by atoms with van der Waals surface area (Å²) >= 11 is 0. The molecule has 1 amide bonds. The van der Waals surface area contributed by atoms with E-state index in [-0.39, 0.29) is 11.3 Å². The summed E-state index contributed by atoms with van der Waals surface area (Å²) in [5, 5.41) is 6.63. The van der Waals surface area contributed by atoms with Crippen molar-refractivity contribution in [2.24, 2.45) is 11.3 Å². The van der Waals surface area contributed by atoms with Crippen molar-refractivity contribution in [3.63, 3.8) is 0 Å². The van der Waals surface area contributed by atoms with Gasteiger partial charge in [-0.3, -0.25) is 4.79 Å². The Morgan fingerprint density at radius 3 is 3.10 bits per heavy atom. The summed E-state index contributed by atoms with van der Waals surface area (Å²) < 4.78 is 0. The van der Waals surface area contributed by atoms with E-state index in [9.17, 15) is 4.79 Å². The van der Waals surface area contributed by atoms with Gasteiger partial charge in [-0.15, -0.1) is 0 Å². The van der Waals surface area contributed by atoms with Crippen LogP contribution in [0.2, 0.25) is 0 Å². The topological polar surface area (TPSA) is 41.1 Å². The first-order valence-corrected chi connectivity index (χ1v) is 7.76. The Kier molecular flexibility index (Phi) is 3.79. The van der Waals surface area contributed by atoms with E-state index in [2.05, 4.69) is 29.7 Å². The van der Waals surface area contributed by atoms with Crippen LogP contribution in [0.4, 0.5) is 0 Å². The molecule has 0 aromatic heterocycles. The lowest BCUT2D eigenvalue weighted by molar-refractivity contribution is -0.134. The van der Waals surface area contributed by atoms with Crippen molar-refractivity contribution in [1.29, 1.82) is 0 Å². The molecule has 1 saturated carbocycles. The van der Waals surface area contributed by atoms with Crippen LogP contribution < -0.4 is 10.6 Å². The van der Waals surface area contributed by atoms with E-state index in [4.69, 9.17) is 0 Å². The van der Waals surface area contributed by atoms with E-state index in [1.54, 1.807) is 0 Å². The van der Waals surface area contributed by atoms with Crippen LogP contribution in [0.3, 0.4) is 0 Å². The normalized spacial score (nSPS) is 28.9. The van der Waals surface area contributed by atoms with Gasteiger partial charge in [-0.25, -0.2) is 0 Å². The van der Waals surface area contributed by atoms with E-state index < -0.39 is 0 Å². The molecule has 0 spiro atoms. The van der Waals surface area contributed by atoms with E-state index in [0.717, 1.165) is 19.5 Å². The molecule has 1 aromatic rings. The molecule has 20 heavy (non-hydrogen) atoms. The molecule has 2 atom stereocenters. The average molecular weight is 272 g/mol. The van der Waals surface area contributed by atoms with Gasteiger partial charge in [0.25, 0.3) is 0 Å². The van der Waals surface area contributed by atoms with Crippen LogP contribution in [0.5, 0.6) is 0 Å². The highest BCUT2D eigenvalue weighted by Gasteiger charge is 2.49. The minimum absolute atomic E-state index is 0.138. The Morgan fingerprint density at radius 1 is 1.40 bits per heavy atom. The molecule has 1 saturated heterocycles. The number of hydrogen-bond donors (Lipinski definition) is 2. The molecule has 2 fully saturated rings. The molecule has 1 heterocycles. The lowest BCUT2D eigenvalue weighted by atomic mass is 9.67. The third-order valence-corrected chi connectivity index (χ3v) is 5.19. The minimum Gasteiger partial charge on any atom is -0.351 e. The van der Waals surface area contributed by atoms with Crippen molar-refractivity contribution in [2.45, 2.75) is 39.2 Å². The second-order valence-corrected chi connectivity index (χ2v) is 6.34. The number of carbonyl (C=O) groups excluding carboxylic acids is 1. The fourth-order valence-corrected chi connectivity index (χ4v) is 3.85. The predicted molar refractivity (Wildman–Crippen MR) is 80.3 cm³/mol. The molecule has 108 valence electrons. The van der Waals surface area contributed by atoms with Crippen LogP contribution in [0.25, 0.3) is 0 Å². The first-order chi connectivity index (χ1) is 9.72. The van der Waals surface area contributed by atoms with Gasteiger partial charge in [0.05, 0.1) is 5.41 Å². The monoisotopic (exact) mass is 272 g/mol. The third-order valence-electron chi connectivity index (χ3n) is 5.19. The Bertz CT molecular complexity index is 500. The van der Waals surface area contributed by atoms with Gasteiger partial charge < -0.3 is 10.6 Å². The number of carbonyl (C=O) groups is 1. The van der Waals surface area contributed by atoms with Crippen LogP contribution in [0.1, 0.15) is 36.8 Å². The van der Waals surface area contributed by atoms with Crippen LogP contribution in [0, 0.1) is 18.3 Å². The number of benzene rings is 1. The zero-order chi connectivity index (χ0) is 14.0. The van der Waals surface area contributed by atoms with Crippen molar-refractivity contribution >= 4 is 5.91 Å². The standard InChI is InChI=1S/C17H24N2O/c1-13-6-2-3-7-14(13)10-19-16(20)17-9-5-4-8-15(17)11-18-12-17/h2-3,6-7,15,18H,4-5,8-12H2,1H3,(H,19,20)/t15-,17+/m0/s1. The molecular weight excluding hydrogens is 248 g/mol. The summed E-state index contributed by atoms with van der Waals surface area (Å²) in [6.07, 6.45) is 4.71. The molecular formula is C17H24N2O. The SMILES string of the molecule is Cc1ccccc1CNC(=O)[C@@]12CCCC[C@H]1CNC2. The van der Waals surface area contributed by atoms with Gasteiger partial charge in [0.1, 0.15) is 0 Å². The maximum atomic E-state index is 12.7. The molecule has 0 bridgehead atoms. The van der Waals surface area contributed by atoms with Crippen LogP contribution >= 0.6 is 0 Å². The highest BCUT2D eigenvalue weighted by atomic mass is 16.2. The fourth-order valence-electron chi connectivity index (χ4n) is 3.85. The summed E-state index contributed by atoms with van der Waals surface area (Å²) in [5.74, 6) is 0.795. The molecule has 2 aliphatic rings. The number of hydrogen-bond acceptors (Lipinski definition) is 2. The predicted octanol–water partition coefficient (Wildman–Crippen LogP) is 2.39. The van der Waals surface area contributed by atoms with Gasteiger partial charge in [0.2, 0.25) is 5.91 Å². The zero-order valence-electron chi connectivity index (χ0n) is 12.2. The van der Waals surface area contributed by atoms with Crippen LogP contribution in [-0.4, -0.2) is 19.0 Å². The first-order valence-electron chi connectivity index (χ1n) is 7.76. The van der Waals surface area contributed by atoms with Crippen LogP contribution in [-0.2, 0) is 11.3 Å². The maximum Gasteiger partial charge on any atom is 0.228 e. The summed E-state index contributed by atoms with van der Waals surface area (Å²) in [7, 11) is 0. The number of nitrogens with one attached hydrogen (secondary N) is 2. The van der Waals surface area contributed by atoms with Crippen molar-refractivity contribution in [1.82, 2.24) is 10.6 Å². The highest BCUT2D eigenvalue weighted by molar-refractivity contribution is 5.83. The Hall–Kier alpha value is -1.35. The van der Waals surface area contributed by atoms with Crippen molar-refractivity contribution in [3.8, 4) is 0 Å². The van der Waals surface area contributed by atoms with Gasteiger partial charge in [0, 0.05) is 13.1 Å². The summed E-state index contributed by atoms with van der Waals surface area (Å²) in [6.45, 7) is 4.62. The number of rotatable bonds is 3. The molecule has 1 aliphatic heterocycles. The molecule has 0 radical (unpaired) electrons. The van der Waals surface area contributed by atoms with Gasteiger partial charge in [-0.2, -0.15) is 0 Å². The zero-order valence-corrected chi connectivity index (χ0v) is 12.2. The summed E-state index contributed by atoms with van der Waals surface area (Å²) in [6, 6.07) is 8.27. The Labute approximate surface area is 121 Å². The number of amides is 1. The van der Waals surface area contributed by atoms with E-state index in [0.29, 0.717) is 12.5 Å². The minimum atomic E-state index is -0.138. The average Bonchev–Trinajstić information content (AvgIpc) is 2.91. The first kappa shape index (κ1) is 13.6. The Morgan fingerprint density at radius 2 is 2.25 bits per heavy atom. The third kappa shape index (κ3) is 2.35. The van der Waals surface area contributed by atoms with E-state index in [1.807, 2.05) is 12.1 Å². The molecule has 3 rings (SSSR count). The van der Waals surface area contributed by atoms with Gasteiger partial charge in [0.15, 0.2) is 0 Å². The van der Waals surface area contributed by atoms with E-state index >= 15 is 0 Å². The molecule has 3 nitrogen and oxygen atoms in total. The molecule has 0 unspecified atom stereocenters. The van der Waals surface area contributed by atoms with Crippen molar-refractivity contribution in [2.75, 3.05) is 13.1 Å². The molecule has 3 heteroatoms. The summed E-state index contributed by atoms with van der Waals surface area (Å²) in [4.78, 5) is 12.7. The highest BCUT2D eigenvalue weighted by Crippen LogP contribution is 2.43. The van der Waals surface area contributed by atoms with Crippen LogP contribution in [0.15, 0.2) is 24.3 Å². The molecule has 2 N–H and O–H groups in total. The number of fused-ring (bicyclic) bond motifs is 1. The van der Waals surface area contributed by atoms with Gasteiger partial charge >= 0.3 is 0 Å². The van der Waals surface area contributed by atoms with Crippen molar-refractivity contribution in [3.05, 3.63) is 35.4 Å². The second kappa shape index (κ2) is 5.57. The quantitative estimate of drug-likeness (QED) is 0.887. The van der Waals surface area contributed by atoms with Gasteiger partial charge in [-0.05, 0) is 43.4 Å². The Balaban J connectivity index is 1.68. The fraction of sp³-hybridized carbons (Fsp3) is 0.588. The molecule has 1 aliphatic carbocycles. The summed E-state index contributed by atoms with van der Waals surface area (Å²) in [5.41, 5.74) is 2.33. The number of aryl methyl sites for hydroxylation is 1. The van der Waals surface area contributed by atoms with E-state index in [1.165, 1.54) is 30.4 Å². The lowest BCUT2D eigenvalue weighted by Crippen LogP contribution is -2.47. The maximum absolute atomic E-state index is 12.7. The largest absolute Gasteiger partial charge is 0.351 e. The van der Waals surface area contributed by atoms with Gasteiger partial charge in [-0.1, -0.05) is 37.1 Å². The molecule has 1 aromatic carbocycles. The second-order valence-electron chi connectivity index (χ2n) is 6.34. The smallest absolute Gasteiger partial charge is 0.228 e.